The first-order valence-electron chi connectivity index (χ1n) is 8.28. The van der Waals surface area contributed by atoms with E-state index in [0.29, 0.717) is 11.1 Å². The summed E-state index contributed by atoms with van der Waals surface area (Å²) in [6.07, 6.45) is 0. The molecule has 0 aliphatic heterocycles. The summed E-state index contributed by atoms with van der Waals surface area (Å²) in [6.45, 7) is 1.65. The molecule has 4 nitrogen and oxygen atoms in total. The quantitative estimate of drug-likeness (QED) is 0.667. The van der Waals surface area contributed by atoms with Crippen molar-refractivity contribution in [2.75, 3.05) is 0 Å². The van der Waals surface area contributed by atoms with Crippen LogP contribution in [-0.4, -0.2) is 11.8 Å². The maximum atomic E-state index is 14.5. The smallest absolute Gasteiger partial charge is 0.267 e. The van der Waals surface area contributed by atoms with E-state index in [4.69, 9.17) is 0 Å². The van der Waals surface area contributed by atoms with Gasteiger partial charge in [0.15, 0.2) is 0 Å². The van der Waals surface area contributed by atoms with Crippen molar-refractivity contribution in [3.8, 4) is 11.1 Å². The number of benzene rings is 3. The molecule has 0 saturated heterocycles. The monoisotopic (exact) mass is 384 g/mol. The van der Waals surface area contributed by atoms with E-state index in [9.17, 15) is 22.8 Å². The van der Waals surface area contributed by atoms with Gasteiger partial charge in [-0.3, -0.25) is 20.4 Å². The van der Waals surface area contributed by atoms with Gasteiger partial charge >= 0.3 is 0 Å². The van der Waals surface area contributed by atoms with Crippen LogP contribution in [0.15, 0.2) is 60.7 Å². The lowest BCUT2D eigenvalue weighted by atomic mass is 9.98. The van der Waals surface area contributed by atoms with E-state index in [0.717, 1.165) is 12.1 Å². The summed E-state index contributed by atoms with van der Waals surface area (Å²) in [6, 6.07) is 13.0. The average molecular weight is 384 g/mol. The van der Waals surface area contributed by atoms with Crippen molar-refractivity contribution in [1.82, 2.24) is 10.9 Å². The first-order valence-corrected chi connectivity index (χ1v) is 8.28. The molecule has 0 aliphatic rings. The molecule has 0 unspecified atom stereocenters. The summed E-state index contributed by atoms with van der Waals surface area (Å²) in [7, 11) is 0. The molecular weight excluding hydrogens is 369 g/mol. The largest absolute Gasteiger partial charge is 0.272 e. The molecule has 0 atom stereocenters. The normalized spacial score (nSPS) is 10.4. The first-order chi connectivity index (χ1) is 13.4. The zero-order chi connectivity index (χ0) is 20.3. The van der Waals surface area contributed by atoms with Crippen LogP contribution in [0.1, 0.15) is 26.3 Å². The third kappa shape index (κ3) is 4.03. The molecular formula is C21H15F3N2O2. The number of amides is 2. The Morgan fingerprint density at radius 3 is 2.11 bits per heavy atom. The number of rotatable bonds is 3. The van der Waals surface area contributed by atoms with Crippen molar-refractivity contribution < 1.29 is 22.8 Å². The Balaban J connectivity index is 1.74. The average Bonchev–Trinajstić information content (AvgIpc) is 2.66. The molecule has 0 bridgehead atoms. The molecule has 2 amide bonds. The summed E-state index contributed by atoms with van der Waals surface area (Å²) >= 11 is 0. The summed E-state index contributed by atoms with van der Waals surface area (Å²) in [4.78, 5) is 24.0. The van der Waals surface area contributed by atoms with Gasteiger partial charge in [0.25, 0.3) is 11.8 Å². The highest BCUT2D eigenvalue weighted by atomic mass is 19.1. The van der Waals surface area contributed by atoms with E-state index in [-0.39, 0.29) is 16.7 Å². The SMILES string of the molecule is Cc1cc(F)ccc1-c1ccc(C(=O)NNC(=O)c2ccccc2F)cc1F. The predicted molar refractivity (Wildman–Crippen MR) is 97.9 cm³/mol. The summed E-state index contributed by atoms with van der Waals surface area (Å²) in [5.74, 6) is -3.46. The Bertz CT molecular complexity index is 1070. The fraction of sp³-hybridized carbons (Fsp3) is 0.0476. The van der Waals surface area contributed by atoms with Gasteiger partial charge in [-0.15, -0.1) is 0 Å². The molecule has 0 spiro atoms. The van der Waals surface area contributed by atoms with Gasteiger partial charge in [-0.1, -0.05) is 24.3 Å². The van der Waals surface area contributed by atoms with Crippen LogP contribution in [0.5, 0.6) is 0 Å². The number of aryl methyl sites for hydroxylation is 1. The van der Waals surface area contributed by atoms with E-state index >= 15 is 0 Å². The van der Waals surface area contributed by atoms with Gasteiger partial charge in [0.05, 0.1) is 5.56 Å². The van der Waals surface area contributed by atoms with Crippen molar-refractivity contribution in [2.45, 2.75) is 6.92 Å². The summed E-state index contributed by atoms with van der Waals surface area (Å²) < 4.78 is 41.3. The maximum Gasteiger partial charge on any atom is 0.272 e. The second-order valence-corrected chi connectivity index (χ2v) is 6.04. The van der Waals surface area contributed by atoms with Crippen LogP contribution < -0.4 is 10.9 Å². The second-order valence-electron chi connectivity index (χ2n) is 6.04. The van der Waals surface area contributed by atoms with Crippen LogP contribution in [0.4, 0.5) is 13.2 Å². The van der Waals surface area contributed by atoms with Gasteiger partial charge in [-0.25, -0.2) is 13.2 Å². The van der Waals surface area contributed by atoms with Gasteiger partial charge in [0.2, 0.25) is 0 Å². The molecule has 0 saturated carbocycles. The van der Waals surface area contributed by atoms with Crippen LogP contribution in [0.2, 0.25) is 0 Å². The highest BCUT2D eigenvalue weighted by Gasteiger charge is 2.15. The van der Waals surface area contributed by atoms with Crippen molar-refractivity contribution in [1.29, 1.82) is 0 Å². The third-order valence-corrected chi connectivity index (χ3v) is 4.12. The van der Waals surface area contributed by atoms with Gasteiger partial charge in [0.1, 0.15) is 17.5 Å². The summed E-state index contributed by atoms with van der Waals surface area (Å²) in [5, 5.41) is 0. The molecule has 3 rings (SSSR count). The first kappa shape index (κ1) is 19.2. The van der Waals surface area contributed by atoms with Crippen LogP contribution >= 0.6 is 0 Å². The van der Waals surface area contributed by atoms with Crippen molar-refractivity contribution in [3.05, 3.63) is 94.8 Å². The zero-order valence-corrected chi connectivity index (χ0v) is 14.7. The molecule has 3 aromatic carbocycles. The minimum absolute atomic E-state index is 0.0464. The highest BCUT2D eigenvalue weighted by Crippen LogP contribution is 2.27. The topological polar surface area (TPSA) is 58.2 Å². The Morgan fingerprint density at radius 1 is 0.750 bits per heavy atom. The third-order valence-electron chi connectivity index (χ3n) is 4.12. The van der Waals surface area contributed by atoms with Gasteiger partial charge in [0, 0.05) is 11.1 Å². The number of hydrogen-bond acceptors (Lipinski definition) is 2. The minimum Gasteiger partial charge on any atom is -0.267 e. The number of halogens is 3. The van der Waals surface area contributed by atoms with Crippen molar-refractivity contribution >= 4 is 11.8 Å². The van der Waals surface area contributed by atoms with E-state index in [1.165, 1.54) is 48.5 Å². The Hall–Kier alpha value is -3.61. The van der Waals surface area contributed by atoms with Crippen LogP contribution in [-0.2, 0) is 0 Å². The van der Waals surface area contributed by atoms with E-state index < -0.39 is 29.3 Å². The Kier molecular flexibility index (Phi) is 5.44. The van der Waals surface area contributed by atoms with Crippen LogP contribution in [0, 0.1) is 24.4 Å². The molecule has 2 N–H and O–H groups in total. The highest BCUT2D eigenvalue weighted by molar-refractivity contribution is 5.99. The molecule has 3 aromatic rings. The molecule has 0 aromatic heterocycles. The molecule has 0 aliphatic carbocycles. The molecule has 28 heavy (non-hydrogen) atoms. The lowest BCUT2D eigenvalue weighted by molar-refractivity contribution is 0.0844. The number of hydrazine groups is 1. The Labute approximate surface area is 159 Å². The van der Waals surface area contributed by atoms with Crippen LogP contribution in [0.25, 0.3) is 11.1 Å². The zero-order valence-electron chi connectivity index (χ0n) is 14.7. The maximum absolute atomic E-state index is 14.5. The fourth-order valence-corrected chi connectivity index (χ4v) is 2.70. The molecule has 0 heterocycles. The number of carbonyl (C=O) groups is 2. The predicted octanol–water partition coefficient (Wildman–Crippen LogP) is 4.15. The lowest BCUT2D eigenvalue weighted by Gasteiger charge is -2.11. The molecule has 0 fully saturated rings. The second kappa shape index (κ2) is 7.96. The van der Waals surface area contributed by atoms with E-state index in [1.54, 1.807) is 6.92 Å². The molecule has 7 heteroatoms. The van der Waals surface area contributed by atoms with E-state index in [2.05, 4.69) is 10.9 Å². The van der Waals surface area contributed by atoms with Crippen LogP contribution in [0.3, 0.4) is 0 Å². The molecule has 0 radical (unpaired) electrons. The number of nitrogens with one attached hydrogen (secondary N) is 2. The van der Waals surface area contributed by atoms with Crippen molar-refractivity contribution in [3.63, 3.8) is 0 Å². The van der Waals surface area contributed by atoms with Gasteiger partial charge in [-0.2, -0.15) is 0 Å². The lowest BCUT2D eigenvalue weighted by Crippen LogP contribution is -2.42. The Morgan fingerprint density at radius 2 is 1.43 bits per heavy atom. The van der Waals surface area contributed by atoms with Crippen molar-refractivity contribution in [2.24, 2.45) is 0 Å². The van der Waals surface area contributed by atoms with Gasteiger partial charge < -0.3 is 0 Å². The number of hydrogen-bond donors (Lipinski definition) is 2. The van der Waals surface area contributed by atoms with E-state index in [1.807, 2.05) is 0 Å². The standard InChI is InChI=1S/C21H15F3N2O2/c1-12-10-14(22)7-9-15(12)16-8-6-13(11-19(16)24)20(27)25-26-21(28)17-4-2-3-5-18(17)23/h2-11H,1H3,(H,25,27)(H,26,28). The summed E-state index contributed by atoms with van der Waals surface area (Å²) in [5.41, 5.74) is 5.16. The molecule has 142 valence electrons. The number of carbonyl (C=O) groups excluding carboxylic acids is 2. The van der Waals surface area contributed by atoms with Gasteiger partial charge in [-0.05, 0) is 54.4 Å². The minimum atomic E-state index is -0.842. The fourth-order valence-electron chi connectivity index (χ4n) is 2.70.